The number of nitrogens with two attached hydrogens (primary N) is 4. The number of aryl methyl sites for hydroxylation is 5. The second-order valence-electron chi connectivity index (χ2n) is 30.3. The first-order valence-corrected chi connectivity index (χ1v) is 45.8. The van der Waals surface area contributed by atoms with Crippen molar-refractivity contribution in [3.8, 4) is 23.0 Å². The maximum absolute atomic E-state index is 13.7. The second-order valence-corrected chi connectivity index (χ2v) is 34.1. The van der Waals surface area contributed by atoms with Crippen molar-refractivity contribution in [3.05, 3.63) is 324 Å². The maximum atomic E-state index is 13.7. The molecule has 1 aliphatic carbocycles. The van der Waals surface area contributed by atoms with Crippen molar-refractivity contribution in [3.63, 3.8) is 0 Å². The number of azo groups is 4. The van der Waals surface area contributed by atoms with Crippen LogP contribution in [0.5, 0.6) is 23.0 Å². The molecule has 25 nitrogen and oxygen atoms in total. The molecule has 0 saturated heterocycles. The number of nitrogen functional groups attached to an aromatic ring is 4. The van der Waals surface area contributed by atoms with Crippen LogP contribution < -0.4 is 37.9 Å². The molecule has 15 aromatic carbocycles. The average molecular weight is 1800 g/mol. The molecule has 0 aromatic heterocycles. The summed E-state index contributed by atoms with van der Waals surface area (Å²) in [6.07, 6.45) is 6.42. The van der Waals surface area contributed by atoms with Crippen LogP contribution in [0.3, 0.4) is 0 Å². The van der Waals surface area contributed by atoms with Crippen LogP contribution in [0.15, 0.2) is 336 Å². The minimum absolute atomic E-state index is 0.00681. The summed E-state index contributed by atoms with van der Waals surface area (Å²) >= 11 is 4.64. The molecule has 1 amide bonds. The van der Waals surface area contributed by atoms with Gasteiger partial charge in [0.2, 0.25) is 10.0 Å². The minimum Gasteiger partial charge on any atom is -0.507 e. The average Bonchev–Trinajstić information content (AvgIpc) is 0.775. The number of benzene rings is 15. The van der Waals surface area contributed by atoms with Gasteiger partial charge in [0.15, 0.2) is 0 Å². The van der Waals surface area contributed by atoms with Crippen molar-refractivity contribution < 1.29 is 42.1 Å². The third kappa shape index (κ3) is 24.8. The molecule has 16 rings (SSSR count). The number of hydrogen-bond donors (Lipinski definition) is 10. The standard InChI is InChI=1S/C26H26N4O3S.C24H28N4O3S.C24H22N4O.C17H15N3O.C8H9NO.C2H6.CH3Cl/c1-4-30(20-8-6-5-7-9-20)34(32,33)24-16-17(2)10-13-22(24)28-29-26-21(27)12-11-19-14-18(3)15-23(31)25(19)26;1-16-14-17-12-13-19(25)24(23(17)21(29)15-16)27-26-20-10-6-7-11-22(20)32(30,31)28(2)18-8-4-3-5-9-18;1-16-13-18-9-12-21(25)24(23(18)22(29)14-16)28-27-20-10-7-17(8-11-20)15-26-19-5-3-2-4-6-19;1-11-9-12-7-8-14(18)17(16(12)15(21)10-11)20-19-13-5-3-2-4-6-13;1-9-8(10)7-5-3-2-4-6-7;2*1-2/h5-16,31H,4,27H2,1-3H3;6-7,10-15,18,29H,3-5,8-9,25H2,1-2H3;2-14,26,29H,15,25H2,1H3;2-10,21H,18H2,1H3;2-6H,1H3,(H,9,10);1-2H3;1H3. The van der Waals surface area contributed by atoms with E-state index < -0.39 is 20.0 Å². The number of hydrogen-bond acceptors (Lipinski definition) is 22. The number of carbonyl (C=O) groups excluding carboxylic acids is 1. The smallest absolute Gasteiger partial charge is 0.266 e. The lowest BCUT2D eigenvalue weighted by molar-refractivity contribution is 0.0963. The molecule has 0 aliphatic heterocycles. The molecule has 130 heavy (non-hydrogen) atoms. The van der Waals surface area contributed by atoms with Crippen LogP contribution in [-0.2, 0) is 26.6 Å². The van der Waals surface area contributed by atoms with E-state index in [-0.39, 0.29) is 68.3 Å². The van der Waals surface area contributed by atoms with Crippen LogP contribution in [0.2, 0.25) is 0 Å². The number of anilines is 6. The number of fused-ring (bicyclic) bond motifs is 4. The second kappa shape index (κ2) is 46.2. The van der Waals surface area contributed by atoms with Gasteiger partial charge in [-0.3, -0.25) is 9.10 Å². The molecule has 0 bridgehead atoms. The molecule has 0 heterocycles. The van der Waals surface area contributed by atoms with Crippen molar-refractivity contribution in [1.82, 2.24) is 9.62 Å². The summed E-state index contributed by atoms with van der Waals surface area (Å²) in [6, 6.07) is 85.7. The fraction of sp³-hybridized carbons (Fsp3) is 0.186. The van der Waals surface area contributed by atoms with Gasteiger partial charge in [0.05, 0.1) is 61.4 Å². The van der Waals surface area contributed by atoms with Crippen LogP contribution in [0.25, 0.3) is 43.1 Å². The number of carbonyl (C=O) groups is 1. The Kier molecular flexibility index (Phi) is 34.7. The third-order valence-corrected chi connectivity index (χ3v) is 24.8. The molecule has 0 unspecified atom stereocenters. The predicted molar refractivity (Wildman–Crippen MR) is 531 cm³/mol. The number of nitrogens with zero attached hydrogens (tertiary/aromatic N) is 10. The Morgan fingerprint density at radius 2 is 0.777 bits per heavy atom. The van der Waals surface area contributed by atoms with Crippen molar-refractivity contribution in [2.45, 2.75) is 110 Å². The Morgan fingerprint density at radius 1 is 0.408 bits per heavy atom. The molecule has 15 aromatic rings. The van der Waals surface area contributed by atoms with E-state index in [2.05, 4.69) is 63.1 Å². The van der Waals surface area contributed by atoms with Gasteiger partial charge in [0.1, 0.15) is 66.9 Å². The van der Waals surface area contributed by atoms with Crippen molar-refractivity contribution in [2.75, 3.05) is 59.6 Å². The van der Waals surface area contributed by atoms with Gasteiger partial charge in [-0.25, -0.2) is 16.8 Å². The number of phenolic OH excluding ortho intramolecular Hbond substituents is 4. The number of phenols is 4. The van der Waals surface area contributed by atoms with Crippen LogP contribution in [0, 0.1) is 34.6 Å². The Balaban J connectivity index is 0.000000173. The molecule has 670 valence electrons. The molecule has 0 atom stereocenters. The van der Waals surface area contributed by atoms with E-state index in [1.54, 1.807) is 154 Å². The van der Waals surface area contributed by atoms with Crippen LogP contribution >= 0.6 is 11.6 Å². The fourth-order valence-corrected chi connectivity index (χ4v) is 17.8. The Bertz CT molecular complexity index is 6800. The summed E-state index contributed by atoms with van der Waals surface area (Å²) in [5, 5.41) is 87.3. The Hall–Kier alpha value is -14.6. The van der Waals surface area contributed by atoms with Crippen molar-refractivity contribution in [2.24, 2.45) is 40.9 Å². The lowest BCUT2D eigenvalue weighted by Crippen LogP contribution is -2.38. The number of halogens is 1. The molecular formula is C102H109ClN16O9S2. The molecular weight excluding hydrogens is 1690 g/mol. The molecule has 14 N–H and O–H groups in total. The highest BCUT2D eigenvalue weighted by molar-refractivity contribution is 7.93. The van der Waals surface area contributed by atoms with Gasteiger partial charge in [0.25, 0.3) is 15.9 Å². The van der Waals surface area contributed by atoms with Gasteiger partial charge < -0.3 is 54.0 Å². The highest BCUT2D eigenvalue weighted by Gasteiger charge is 2.32. The summed E-state index contributed by atoms with van der Waals surface area (Å²) in [5.41, 5.74) is 37.5. The van der Waals surface area contributed by atoms with Crippen molar-refractivity contribution in [1.29, 1.82) is 0 Å². The SMILES string of the molecule is CC.CCN(c1ccccc1)S(=O)(=O)c1cc(C)ccc1N=Nc1c(N)ccc2cc(C)cc(O)c12.CCl.CNC(=O)c1ccccc1.Cc1cc(O)c2c(N=Nc3ccc(CNc4ccccc4)cc3)c(N)ccc2c1.Cc1cc(O)c2c(N=Nc3ccccc3)c(N)ccc2c1.Cc1cc(O)c2c(N=Nc3ccccc3S(=O)(=O)N(C)C3CCCCC3)c(N)ccc2c1. The Labute approximate surface area is 764 Å². The van der Waals surface area contributed by atoms with E-state index in [9.17, 15) is 42.1 Å². The van der Waals surface area contributed by atoms with Crippen LogP contribution in [-0.4, -0.2) is 80.5 Å². The maximum Gasteiger partial charge on any atom is 0.266 e. The third-order valence-electron chi connectivity index (χ3n) is 20.9. The van der Waals surface area contributed by atoms with Crippen molar-refractivity contribution >= 4 is 160 Å². The van der Waals surface area contributed by atoms with E-state index >= 15 is 0 Å². The number of amides is 1. The van der Waals surface area contributed by atoms with Gasteiger partial charge in [-0.2, -0.15) is 14.5 Å². The van der Waals surface area contributed by atoms with Gasteiger partial charge in [0, 0.05) is 50.9 Å². The first-order valence-electron chi connectivity index (χ1n) is 42.2. The molecule has 28 heteroatoms. The summed E-state index contributed by atoms with van der Waals surface area (Å²) in [4.78, 5) is 11.1. The zero-order valence-corrected chi connectivity index (χ0v) is 76.9. The molecule has 0 radical (unpaired) electrons. The molecule has 1 aliphatic rings. The van der Waals surface area contributed by atoms with Gasteiger partial charge >= 0.3 is 0 Å². The zero-order valence-electron chi connectivity index (χ0n) is 74.5. The lowest BCUT2D eigenvalue weighted by Gasteiger charge is -2.30. The van der Waals surface area contributed by atoms with Gasteiger partial charge in [-0.15, -0.1) is 42.3 Å². The number of para-hydroxylation sites is 2. The minimum atomic E-state index is -3.93. The van der Waals surface area contributed by atoms with E-state index in [1.165, 1.54) is 15.0 Å². The first-order chi connectivity index (χ1) is 62.6. The quantitative estimate of drug-likeness (QED) is 0.0204. The molecule has 1 fully saturated rings. The largest absolute Gasteiger partial charge is 0.507 e. The monoisotopic (exact) mass is 1800 g/mol. The number of nitrogens with one attached hydrogen (secondary N) is 2. The highest BCUT2D eigenvalue weighted by atomic mass is 35.5. The first kappa shape index (κ1) is 97.6. The molecule has 0 spiro atoms. The van der Waals surface area contributed by atoms with Gasteiger partial charge in [-0.05, 0) is 243 Å². The Morgan fingerprint density at radius 3 is 1.19 bits per heavy atom. The van der Waals surface area contributed by atoms with Crippen LogP contribution in [0.1, 0.15) is 96.6 Å². The van der Waals surface area contributed by atoms with E-state index in [4.69, 9.17) is 22.9 Å². The zero-order chi connectivity index (χ0) is 93.8. The summed E-state index contributed by atoms with van der Waals surface area (Å²) in [6.45, 7) is 16.2. The number of alkyl halides is 1. The summed E-state index contributed by atoms with van der Waals surface area (Å²) < 4.78 is 57.0. The number of aromatic hydroxyl groups is 4. The number of rotatable bonds is 19. The lowest BCUT2D eigenvalue weighted by atomic mass is 9.96. The fourth-order valence-electron chi connectivity index (χ4n) is 14.5. The number of sulfonamides is 2. The normalized spacial score (nSPS) is 12.1. The van der Waals surface area contributed by atoms with E-state index in [0.717, 1.165) is 111 Å². The van der Waals surface area contributed by atoms with Crippen LogP contribution in [0.4, 0.5) is 79.6 Å². The molecule has 1 saturated carbocycles. The predicted octanol–water partition coefficient (Wildman–Crippen LogP) is 26.4. The van der Waals surface area contributed by atoms with Gasteiger partial charge in [-0.1, -0.05) is 185 Å². The summed E-state index contributed by atoms with van der Waals surface area (Å²) in [5.74, 6) is 0.372. The highest BCUT2D eigenvalue weighted by Crippen LogP contribution is 2.46. The van der Waals surface area contributed by atoms with E-state index in [1.807, 2.05) is 200 Å². The summed E-state index contributed by atoms with van der Waals surface area (Å²) in [7, 11) is -4.41. The van der Waals surface area contributed by atoms with E-state index in [0.29, 0.717) is 72.6 Å². The topological polar surface area (TPSA) is 400 Å².